The van der Waals surface area contributed by atoms with Gasteiger partial charge in [0.2, 0.25) is 0 Å². The third-order valence-electron chi connectivity index (χ3n) is 5.97. The predicted molar refractivity (Wildman–Crippen MR) is 103 cm³/mol. The van der Waals surface area contributed by atoms with Crippen LogP contribution in [0.1, 0.15) is 37.0 Å². The Kier molecular flexibility index (Phi) is 3.97. The molecule has 1 fully saturated rings. The summed E-state index contributed by atoms with van der Waals surface area (Å²) >= 11 is 0. The van der Waals surface area contributed by atoms with Crippen LogP contribution in [0.2, 0.25) is 0 Å². The highest BCUT2D eigenvalue weighted by molar-refractivity contribution is 6.02. The molecule has 0 saturated heterocycles. The second-order valence-electron chi connectivity index (χ2n) is 7.78. The maximum absolute atomic E-state index is 15.3. The molecule has 8 nitrogen and oxygen atoms in total. The molecule has 1 saturated carbocycles. The zero-order chi connectivity index (χ0) is 20.3. The van der Waals surface area contributed by atoms with E-state index in [4.69, 9.17) is 5.73 Å². The van der Waals surface area contributed by atoms with E-state index >= 15 is 4.39 Å². The molecule has 1 aliphatic rings. The van der Waals surface area contributed by atoms with Gasteiger partial charge in [-0.15, -0.1) is 0 Å². The average molecular weight is 386 g/mol. The van der Waals surface area contributed by atoms with Crippen LogP contribution in [0.4, 0.5) is 10.1 Å². The SMILES string of the molecule is Cn1nccc1-c1cc2c(N[C@@H]3CC[C@@](C)(O)[C@]3(C)F)c(C(N)=O)cnn2c1. The lowest BCUT2D eigenvalue weighted by molar-refractivity contribution is -0.0598. The van der Waals surface area contributed by atoms with Crippen molar-refractivity contribution in [3.63, 3.8) is 0 Å². The molecule has 0 radical (unpaired) electrons. The van der Waals surface area contributed by atoms with Crippen LogP contribution in [0.25, 0.3) is 16.8 Å². The van der Waals surface area contributed by atoms with E-state index in [0.717, 1.165) is 11.3 Å². The Hall–Kier alpha value is -2.94. The Balaban J connectivity index is 1.84. The van der Waals surface area contributed by atoms with Crippen LogP contribution in [-0.2, 0) is 7.05 Å². The van der Waals surface area contributed by atoms with Crippen molar-refractivity contribution in [2.75, 3.05) is 5.32 Å². The zero-order valence-electron chi connectivity index (χ0n) is 16.0. The fourth-order valence-electron chi connectivity index (χ4n) is 3.89. The van der Waals surface area contributed by atoms with Crippen LogP contribution in [-0.4, -0.2) is 47.7 Å². The molecular weight excluding hydrogens is 363 g/mol. The monoisotopic (exact) mass is 386 g/mol. The molecule has 1 aliphatic carbocycles. The summed E-state index contributed by atoms with van der Waals surface area (Å²) in [5.74, 6) is -0.661. The molecule has 3 atom stereocenters. The Bertz CT molecular complexity index is 1070. The molecule has 28 heavy (non-hydrogen) atoms. The Morgan fingerprint density at radius 3 is 2.75 bits per heavy atom. The van der Waals surface area contributed by atoms with Gasteiger partial charge < -0.3 is 16.2 Å². The summed E-state index contributed by atoms with van der Waals surface area (Å²) in [5, 5.41) is 22.0. The first-order valence-electron chi connectivity index (χ1n) is 9.09. The number of aromatic nitrogens is 4. The molecule has 4 rings (SSSR count). The van der Waals surface area contributed by atoms with Gasteiger partial charge in [-0.25, -0.2) is 8.91 Å². The summed E-state index contributed by atoms with van der Waals surface area (Å²) in [6.45, 7) is 2.86. The molecule has 0 spiro atoms. The molecule has 0 aromatic carbocycles. The topological polar surface area (TPSA) is 110 Å². The number of carbonyl (C=O) groups is 1. The van der Waals surface area contributed by atoms with E-state index in [2.05, 4.69) is 15.5 Å². The average Bonchev–Trinajstić information content (AvgIpc) is 3.27. The van der Waals surface area contributed by atoms with Gasteiger partial charge in [0.1, 0.15) is 0 Å². The van der Waals surface area contributed by atoms with Gasteiger partial charge in [0.25, 0.3) is 5.91 Å². The molecule has 0 bridgehead atoms. The van der Waals surface area contributed by atoms with E-state index in [1.165, 1.54) is 20.0 Å². The summed E-state index contributed by atoms with van der Waals surface area (Å²) in [4.78, 5) is 12.0. The molecule has 3 heterocycles. The highest BCUT2D eigenvalue weighted by atomic mass is 19.1. The van der Waals surface area contributed by atoms with Crippen LogP contribution < -0.4 is 11.1 Å². The molecule has 3 aromatic rings. The first-order chi connectivity index (χ1) is 13.1. The second kappa shape index (κ2) is 6.03. The standard InChI is InChI=1S/C19H23FN6O2/c1-18(28)6-4-15(19(18,2)20)24-16-12(17(21)27)9-23-26-10-11(8-14(16)26)13-5-7-22-25(13)3/h5,7-10,15,24,28H,4,6H2,1-3H3,(H2,21,27)/t15-,18-,19-/m1/s1. The Morgan fingerprint density at radius 2 is 2.18 bits per heavy atom. The molecule has 3 aromatic heterocycles. The number of alkyl halides is 1. The second-order valence-corrected chi connectivity index (χ2v) is 7.78. The summed E-state index contributed by atoms with van der Waals surface area (Å²) < 4.78 is 18.6. The molecule has 4 N–H and O–H groups in total. The molecule has 0 aliphatic heterocycles. The number of anilines is 1. The van der Waals surface area contributed by atoms with Crippen molar-refractivity contribution < 1.29 is 14.3 Å². The van der Waals surface area contributed by atoms with Crippen LogP contribution in [0.3, 0.4) is 0 Å². The number of hydrogen-bond acceptors (Lipinski definition) is 5. The number of primary amides is 1. The van der Waals surface area contributed by atoms with Crippen LogP contribution in [0, 0.1) is 0 Å². The van der Waals surface area contributed by atoms with Crippen LogP contribution in [0.15, 0.2) is 30.7 Å². The number of aryl methyl sites for hydroxylation is 1. The minimum absolute atomic E-state index is 0.171. The maximum atomic E-state index is 15.3. The van der Waals surface area contributed by atoms with E-state index < -0.39 is 23.2 Å². The first-order valence-corrected chi connectivity index (χ1v) is 9.09. The van der Waals surface area contributed by atoms with Crippen molar-refractivity contribution in [1.29, 1.82) is 0 Å². The van der Waals surface area contributed by atoms with E-state index in [9.17, 15) is 9.90 Å². The molecule has 1 amide bonds. The van der Waals surface area contributed by atoms with Gasteiger partial charge in [-0.2, -0.15) is 10.2 Å². The fourth-order valence-corrected chi connectivity index (χ4v) is 3.89. The van der Waals surface area contributed by atoms with Crippen molar-refractivity contribution in [2.45, 2.75) is 44.0 Å². The highest BCUT2D eigenvalue weighted by Crippen LogP contribution is 2.44. The quantitative estimate of drug-likeness (QED) is 0.634. The largest absolute Gasteiger partial charge is 0.387 e. The summed E-state index contributed by atoms with van der Waals surface area (Å²) in [5.41, 5.74) is 5.10. The van der Waals surface area contributed by atoms with Crippen molar-refractivity contribution in [3.8, 4) is 11.3 Å². The number of nitrogens with two attached hydrogens (primary N) is 1. The van der Waals surface area contributed by atoms with Crippen LogP contribution in [0.5, 0.6) is 0 Å². The minimum Gasteiger partial charge on any atom is -0.387 e. The van der Waals surface area contributed by atoms with E-state index in [-0.39, 0.29) is 5.56 Å². The van der Waals surface area contributed by atoms with Crippen molar-refractivity contribution >= 4 is 17.1 Å². The number of amides is 1. The molecule has 9 heteroatoms. The van der Waals surface area contributed by atoms with Gasteiger partial charge in [-0.1, -0.05) is 0 Å². The van der Waals surface area contributed by atoms with Crippen molar-refractivity contribution in [3.05, 3.63) is 36.3 Å². The Labute approximate surface area is 161 Å². The van der Waals surface area contributed by atoms with Gasteiger partial charge in [0.05, 0.1) is 40.3 Å². The van der Waals surface area contributed by atoms with E-state index in [1.54, 1.807) is 15.4 Å². The predicted octanol–water partition coefficient (Wildman–Crippen LogP) is 1.89. The lowest BCUT2D eigenvalue weighted by atomic mass is 9.89. The number of nitrogens with zero attached hydrogens (tertiary/aromatic N) is 4. The van der Waals surface area contributed by atoms with Gasteiger partial charge >= 0.3 is 0 Å². The normalized spacial score (nSPS) is 27.4. The molecule has 148 valence electrons. The number of fused-ring (bicyclic) bond motifs is 1. The molecule has 0 unspecified atom stereocenters. The third kappa shape index (κ3) is 2.65. The van der Waals surface area contributed by atoms with Gasteiger partial charge in [-0.05, 0) is 38.8 Å². The van der Waals surface area contributed by atoms with Crippen LogP contribution >= 0.6 is 0 Å². The number of halogens is 1. The number of nitrogens with one attached hydrogen (secondary N) is 1. The lowest BCUT2D eigenvalue weighted by Crippen LogP contribution is -2.50. The van der Waals surface area contributed by atoms with Gasteiger partial charge in [-0.3, -0.25) is 9.48 Å². The zero-order valence-corrected chi connectivity index (χ0v) is 16.0. The number of hydrogen-bond donors (Lipinski definition) is 3. The van der Waals surface area contributed by atoms with Crippen molar-refractivity contribution in [1.82, 2.24) is 19.4 Å². The summed E-state index contributed by atoms with van der Waals surface area (Å²) in [7, 11) is 1.83. The maximum Gasteiger partial charge on any atom is 0.252 e. The molecular formula is C19H23FN6O2. The number of aliphatic hydroxyl groups is 1. The first kappa shape index (κ1) is 18.4. The summed E-state index contributed by atoms with van der Waals surface area (Å²) in [6.07, 6.45) is 5.59. The van der Waals surface area contributed by atoms with Gasteiger partial charge in [0, 0.05) is 25.0 Å². The van der Waals surface area contributed by atoms with E-state index in [1.807, 2.05) is 25.4 Å². The smallest absolute Gasteiger partial charge is 0.252 e. The van der Waals surface area contributed by atoms with Crippen molar-refractivity contribution in [2.24, 2.45) is 12.8 Å². The minimum atomic E-state index is -1.88. The van der Waals surface area contributed by atoms with E-state index in [0.29, 0.717) is 24.0 Å². The van der Waals surface area contributed by atoms with Gasteiger partial charge in [0.15, 0.2) is 5.67 Å². The lowest BCUT2D eigenvalue weighted by Gasteiger charge is -2.34. The third-order valence-corrected chi connectivity index (χ3v) is 5.97. The Morgan fingerprint density at radius 1 is 1.43 bits per heavy atom. The fraction of sp³-hybridized carbons (Fsp3) is 0.421. The highest BCUT2D eigenvalue weighted by Gasteiger charge is 2.55. The number of rotatable bonds is 4. The summed E-state index contributed by atoms with van der Waals surface area (Å²) in [6, 6.07) is 3.03. The number of carbonyl (C=O) groups excluding carboxylic acids is 1.